The standard InChI is InChI=1S/O2Si.2O.2Ti/c1-3-2;;;;. The third-order valence-electron chi connectivity index (χ3n) is 0. The van der Waals surface area contributed by atoms with Gasteiger partial charge in [0.1, 0.15) is 0 Å². The molecule has 7 heteroatoms. The molecule has 0 bridgehead atoms. The Bertz CT molecular complexity index is 63.7. The Labute approximate surface area is 65.4 Å². The largest absolute Gasteiger partial charge is 0 e. The van der Waals surface area contributed by atoms with Crippen molar-refractivity contribution in [3.8, 4) is 0 Å². The molecule has 0 spiro atoms. The molecule has 0 saturated heterocycles. The first-order valence-corrected chi connectivity index (χ1v) is 2.91. The maximum atomic E-state index is 8.50. The van der Waals surface area contributed by atoms with Gasteiger partial charge < -0.3 is 0 Å². The summed E-state index contributed by atoms with van der Waals surface area (Å²) in [6.45, 7) is 0. The summed E-state index contributed by atoms with van der Waals surface area (Å²) in [6, 6.07) is 0. The van der Waals surface area contributed by atoms with Crippen molar-refractivity contribution >= 4 is 9.29 Å². The molecule has 4 nitrogen and oxygen atoms in total. The molecule has 0 aromatic rings. The summed E-state index contributed by atoms with van der Waals surface area (Å²) in [5.41, 5.74) is 0. The topological polar surface area (TPSA) is 68.3 Å². The molecule has 0 fully saturated rings. The van der Waals surface area contributed by atoms with Crippen LogP contribution in [0, 0.1) is 0 Å². The van der Waals surface area contributed by atoms with Crippen molar-refractivity contribution in [2.75, 3.05) is 0 Å². The Morgan fingerprint density at radius 1 is 1.14 bits per heavy atom. The Balaban J connectivity index is -0.0000000400. The predicted molar refractivity (Wildman–Crippen MR) is 8.50 cm³/mol. The molecule has 0 aromatic carbocycles. The fraction of sp³-hybridized carbons (Fsp3) is 0. The second-order valence-corrected chi connectivity index (χ2v) is 0.594. The van der Waals surface area contributed by atoms with Crippen LogP contribution < -0.4 is 0 Å². The van der Waals surface area contributed by atoms with Crippen LogP contribution in [0.5, 0.6) is 0 Å². The normalized spacial score (nSPS) is 2.29. The zero-order valence-electron chi connectivity index (χ0n) is 3.13. The molecular formula is O4SiTi2. The van der Waals surface area contributed by atoms with Gasteiger partial charge in [-0.05, 0) is 0 Å². The van der Waals surface area contributed by atoms with Gasteiger partial charge in [0.25, 0.3) is 0 Å². The SMILES string of the molecule is O=[Si]=O.[O]=[Ti]=[O].[Ti]. The van der Waals surface area contributed by atoms with Crippen LogP contribution in [0.25, 0.3) is 0 Å². The van der Waals surface area contributed by atoms with Gasteiger partial charge in [-0.15, -0.1) is 0 Å². The van der Waals surface area contributed by atoms with Gasteiger partial charge >= 0.3 is 35.0 Å². The molecule has 0 N–H and O–H groups in total. The van der Waals surface area contributed by atoms with E-state index in [1.807, 2.05) is 0 Å². The van der Waals surface area contributed by atoms with Crippen molar-refractivity contribution in [2.24, 2.45) is 0 Å². The van der Waals surface area contributed by atoms with Crippen LogP contribution in [-0.2, 0) is 56.4 Å². The average Bonchev–Trinajstić information content (AvgIpc) is 1.39. The molecular weight excluding hydrogens is 188 g/mol. The molecule has 36 valence electrons. The van der Waals surface area contributed by atoms with Gasteiger partial charge in [0.15, 0.2) is 0 Å². The first-order chi connectivity index (χ1) is 2.83. The Kier molecular flexibility index (Phi) is 64.6. The summed E-state index contributed by atoms with van der Waals surface area (Å²) in [5.74, 6) is 0. The molecule has 0 aliphatic heterocycles. The third kappa shape index (κ3) is 225. The van der Waals surface area contributed by atoms with E-state index in [4.69, 9.17) is 15.6 Å². The van der Waals surface area contributed by atoms with Gasteiger partial charge in [-0.1, -0.05) is 0 Å². The van der Waals surface area contributed by atoms with E-state index in [1.165, 1.54) is 0 Å². The summed E-state index contributed by atoms with van der Waals surface area (Å²) in [5, 5.41) is 0. The van der Waals surface area contributed by atoms with E-state index in [0.29, 0.717) is 0 Å². The van der Waals surface area contributed by atoms with E-state index in [2.05, 4.69) is 0 Å². The van der Waals surface area contributed by atoms with Crippen molar-refractivity contribution in [1.29, 1.82) is 0 Å². The summed E-state index contributed by atoms with van der Waals surface area (Å²) in [4.78, 5) is 0. The molecule has 0 aliphatic rings. The molecule has 0 aromatic heterocycles. The van der Waals surface area contributed by atoms with E-state index >= 15 is 0 Å². The predicted octanol–water partition coefficient (Wildman–Crippen LogP) is -0.861. The van der Waals surface area contributed by atoms with Crippen molar-refractivity contribution in [3.05, 3.63) is 0 Å². The third-order valence-corrected chi connectivity index (χ3v) is 0. The second-order valence-electron chi connectivity index (χ2n) is 0.167. The minimum absolute atomic E-state index is 0. The fourth-order valence-electron chi connectivity index (χ4n) is 0. The van der Waals surface area contributed by atoms with Gasteiger partial charge in [0.2, 0.25) is 0 Å². The number of hydrogen-bond acceptors (Lipinski definition) is 4. The Hall–Kier alpha value is 0.845. The molecule has 0 amide bonds. The van der Waals surface area contributed by atoms with Crippen LogP contribution in [0.4, 0.5) is 0 Å². The van der Waals surface area contributed by atoms with Gasteiger partial charge in [-0.2, -0.15) is 0 Å². The maximum Gasteiger partial charge on any atom is 0 e. The van der Waals surface area contributed by atoms with Crippen molar-refractivity contribution < 1.29 is 56.4 Å². The first kappa shape index (κ1) is 15.7. The summed E-state index contributed by atoms with van der Waals surface area (Å²) >= 11 is -2.00. The van der Waals surface area contributed by atoms with Crippen LogP contribution >= 0.6 is 0 Å². The second kappa shape index (κ2) is 28.9. The number of hydrogen-bond donors (Lipinski definition) is 0. The van der Waals surface area contributed by atoms with E-state index in [-0.39, 0.29) is 21.7 Å². The average molecular weight is 188 g/mol. The Morgan fingerprint density at radius 3 is 1.14 bits per heavy atom. The van der Waals surface area contributed by atoms with Gasteiger partial charge in [0.05, 0.1) is 0 Å². The quantitative estimate of drug-likeness (QED) is 0.463. The van der Waals surface area contributed by atoms with Crippen LogP contribution in [0.2, 0.25) is 0 Å². The molecule has 0 unspecified atom stereocenters. The van der Waals surface area contributed by atoms with Gasteiger partial charge in [-0.3, -0.25) is 8.92 Å². The smallest absolute Gasteiger partial charge is 0 e. The van der Waals surface area contributed by atoms with Crippen LogP contribution in [0.1, 0.15) is 0 Å². The minimum atomic E-state index is -2.00. The van der Waals surface area contributed by atoms with Crippen LogP contribution in [0.15, 0.2) is 0 Å². The van der Waals surface area contributed by atoms with Gasteiger partial charge in [0, 0.05) is 21.7 Å². The van der Waals surface area contributed by atoms with Crippen molar-refractivity contribution in [3.63, 3.8) is 0 Å². The maximum absolute atomic E-state index is 8.50. The summed E-state index contributed by atoms with van der Waals surface area (Å²) in [7, 11) is -1.42. The summed E-state index contributed by atoms with van der Waals surface area (Å²) in [6.07, 6.45) is 0. The van der Waals surface area contributed by atoms with Crippen LogP contribution in [0.3, 0.4) is 0 Å². The van der Waals surface area contributed by atoms with Crippen molar-refractivity contribution in [1.82, 2.24) is 0 Å². The fourth-order valence-corrected chi connectivity index (χ4v) is 0. The molecule has 0 rings (SSSR count). The van der Waals surface area contributed by atoms with Gasteiger partial charge in [-0.25, -0.2) is 0 Å². The minimum Gasteiger partial charge on any atom is 0 e. The first-order valence-electron chi connectivity index (χ1n) is 0.816. The molecule has 0 radical (unpaired) electrons. The monoisotopic (exact) mass is 188 g/mol. The molecule has 0 saturated carbocycles. The van der Waals surface area contributed by atoms with E-state index < -0.39 is 28.4 Å². The molecule has 0 aliphatic carbocycles. The van der Waals surface area contributed by atoms with E-state index in [9.17, 15) is 0 Å². The zero-order valence-corrected chi connectivity index (χ0v) is 7.26. The van der Waals surface area contributed by atoms with Crippen LogP contribution in [-0.4, -0.2) is 9.29 Å². The molecule has 0 atom stereocenters. The molecule has 0 heterocycles. The summed E-state index contributed by atoms with van der Waals surface area (Å²) < 4.78 is 33.8. The zero-order chi connectivity index (χ0) is 5.41. The number of rotatable bonds is 0. The van der Waals surface area contributed by atoms with E-state index in [1.54, 1.807) is 0 Å². The van der Waals surface area contributed by atoms with Crippen molar-refractivity contribution in [2.45, 2.75) is 0 Å². The Morgan fingerprint density at radius 2 is 1.14 bits per heavy atom. The molecule has 7 heavy (non-hydrogen) atoms. The van der Waals surface area contributed by atoms with E-state index in [0.717, 1.165) is 0 Å².